The molecule has 0 amide bonds. The molecule has 0 unspecified atom stereocenters. The van der Waals surface area contributed by atoms with Crippen LogP contribution in [0, 0.1) is 17.8 Å². The fraction of sp³-hybridized carbons (Fsp3) is 0.440. The average molecular weight is 463 g/mol. The molecule has 9 nitrogen and oxygen atoms in total. The zero-order valence-electron chi connectivity index (χ0n) is 19.0. The van der Waals surface area contributed by atoms with E-state index in [0.29, 0.717) is 28.9 Å². The smallest absolute Gasteiger partial charge is 0.306 e. The second-order valence-corrected chi connectivity index (χ2v) is 9.61. The van der Waals surface area contributed by atoms with E-state index in [-0.39, 0.29) is 11.7 Å². The molecule has 178 valence electrons. The van der Waals surface area contributed by atoms with E-state index in [1.807, 2.05) is 23.0 Å². The predicted octanol–water partition coefficient (Wildman–Crippen LogP) is 3.12. The normalized spacial score (nSPS) is 21.3. The van der Waals surface area contributed by atoms with Gasteiger partial charge in [0.15, 0.2) is 5.82 Å². The Hall–Kier alpha value is -3.46. The summed E-state index contributed by atoms with van der Waals surface area (Å²) in [5, 5.41) is 32.0. The number of hydrogen-bond donors (Lipinski definition) is 3. The minimum Gasteiger partial charge on any atom is -0.507 e. The maximum atomic E-state index is 11.0. The van der Waals surface area contributed by atoms with Crippen LogP contribution in [0.1, 0.15) is 25.7 Å². The van der Waals surface area contributed by atoms with Gasteiger partial charge in [0.25, 0.3) is 0 Å². The zero-order valence-corrected chi connectivity index (χ0v) is 19.0. The lowest BCUT2D eigenvalue weighted by atomic mass is 9.74. The topological polar surface area (TPSA) is 130 Å². The Labute approximate surface area is 198 Å². The summed E-state index contributed by atoms with van der Waals surface area (Å²) in [5.41, 5.74) is 8.90. The first-order valence-corrected chi connectivity index (χ1v) is 11.9. The number of hydrogen-bond acceptors (Lipinski definition) is 7. The fourth-order valence-electron chi connectivity index (χ4n) is 5.12. The summed E-state index contributed by atoms with van der Waals surface area (Å²) < 4.78 is 1.97. The molecule has 0 atom stereocenters. The second-order valence-electron chi connectivity index (χ2n) is 9.61. The number of aromatic nitrogens is 4. The Morgan fingerprint density at radius 1 is 1.06 bits per heavy atom. The van der Waals surface area contributed by atoms with Crippen LogP contribution >= 0.6 is 0 Å². The molecule has 2 fully saturated rings. The molecule has 1 aliphatic heterocycles. The van der Waals surface area contributed by atoms with Gasteiger partial charge in [-0.1, -0.05) is 12.1 Å². The molecular weight excluding hydrogens is 432 g/mol. The van der Waals surface area contributed by atoms with Crippen LogP contribution in [0.15, 0.2) is 42.7 Å². The maximum Gasteiger partial charge on any atom is 0.306 e. The number of phenols is 1. The van der Waals surface area contributed by atoms with Crippen molar-refractivity contribution in [2.24, 2.45) is 17.8 Å². The quantitative estimate of drug-likeness (QED) is 0.488. The highest BCUT2D eigenvalue weighted by atomic mass is 16.4. The summed E-state index contributed by atoms with van der Waals surface area (Å²) in [6.45, 7) is 3.98. The van der Waals surface area contributed by atoms with Gasteiger partial charge in [-0.15, -0.1) is 10.2 Å². The Morgan fingerprint density at radius 3 is 2.56 bits per heavy atom. The highest BCUT2D eigenvalue weighted by molar-refractivity contribution is 5.78. The van der Waals surface area contributed by atoms with Crippen molar-refractivity contribution in [1.29, 1.82) is 0 Å². The van der Waals surface area contributed by atoms with Crippen molar-refractivity contribution < 1.29 is 15.0 Å². The van der Waals surface area contributed by atoms with Gasteiger partial charge in [-0.2, -0.15) is 5.10 Å². The number of piperidine rings is 1. The number of phenolic OH excluding ortho intramolecular Hbond substituents is 1. The van der Waals surface area contributed by atoms with Gasteiger partial charge >= 0.3 is 5.97 Å². The second kappa shape index (κ2) is 9.42. The fourth-order valence-corrected chi connectivity index (χ4v) is 5.12. The third kappa shape index (κ3) is 4.75. The Morgan fingerprint density at radius 2 is 1.82 bits per heavy atom. The van der Waals surface area contributed by atoms with Crippen LogP contribution in [0.25, 0.3) is 22.4 Å². The van der Waals surface area contributed by atoms with Crippen molar-refractivity contribution in [1.82, 2.24) is 24.9 Å². The van der Waals surface area contributed by atoms with E-state index in [4.69, 9.17) is 10.8 Å². The number of anilines is 1. The number of nitrogens with zero attached hydrogens (tertiary/aromatic N) is 5. The summed E-state index contributed by atoms with van der Waals surface area (Å²) in [7, 11) is 0. The van der Waals surface area contributed by atoms with Crippen molar-refractivity contribution in [3.05, 3.63) is 42.7 Å². The lowest BCUT2D eigenvalue weighted by Gasteiger charge is -2.39. The number of aromatic hydroxyl groups is 1. The molecule has 1 saturated carbocycles. The maximum absolute atomic E-state index is 11.0. The molecule has 5 rings (SSSR count). The first-order chi connectivity index (χ1) is 16.5. The van der Waals surface area contributed by atoms with Gasteiger partial charge in [-0.05, 0) is 68.8 Å². The van der Waals surface area contributed by atoms with Gasteiger partial charge in [0.1, 0.15) is 5.75 Å². The Balaban J connectivity index is 1.18. The van der Waals surface area contributed by atoms with E-state index in [0.717, 1.165) is 63.0 Å². The average Bonchev–Trinajstić information content (AvgIpc) is 3.26. The molecule has 34 heavy (non-hydrogen) atoms. The van der Waals surface area contributed by atoms with E-state index < -0.39 is 5.97 Å². The van der Waals surface area contributed by atoms with E-state index >= 15 is 0 Å². The van der Waals surface area contributed by atoms with E-state index in [1.54, 1.807) is 24.4 Å². The summed E-state index contributed by atoms with van der Waals surface area (Å²) in [4.78, 5) is 13.5. The lowest BCUT2D eigenvalue weighted by molar-refractivity contribution is -0.146. The minimum atomic E-state index is -0.646. The molecular formula is C25H30N6O3. The van der Waals surface area contributed by atoms with Crippen molar-refractivity contribution in [2.45, 2.75) is 32.2 Å². The molecule has 4 N–H and O–H groups in total. The number of para-hydroxylation sites is 1. The van der Waals surface area contributed by atoms with Crippen LogP contribution in [-0.2, 0) is 11.3 Å². The number of nitrogens with two attached hydrogens (primary N) is 1. The molecule has 1 aromatic carbocycles. The number of carboxylic acids is 1. The summed E-state index contributed by atoms with van der Waals surface area (Å²) in [6.07, 6.45) is 7.66. The van der Waals surface area contributed by atoms with E-state index in [2.05, 4.69) is 20.2 Å². The van der Waals surface area contributed by atoms with Crippen molar-refractivity contribution in [2.75, 3.05) is 25.4 Å². The van der Waals surface area contributed by atoms with E-state index in [9.17, 15) is 9.90 Å². The molecule has 2 aliphatic rings. The van der Waals surface area contributed by atoms with Gasteiger partial charge in [0.05, 0.1) is 17.8 Å². The summed E-state index contributed by atoms with van der Waals surface area (Å²) >= 11 is 0. The molecule has 9 heteroatoms. The Kier molecular flexibility index (Phi) is 6.19. The van der Waals surface area contributed by atoms with Crippen LogP contribution in [-0.4, -0.2) is 60.7 Å². The number of aliphatic carboxylic acids is 1. The van der Waals surface area contributed by atoms with Gasteiger partial charge in [0.2, 0.25) is 0 Å². The highest BCUT2D eigenvalue weighted by Crippen LogP contribution is 2.35. The zero-order chi connectivity index (χ0) is 23.7. The third-order valence-electron chi connectivity index (χ3n) is 7.20. The monoisotopic (exact) mass is 462 g/mol. The number of carboxylic acid groups (broad SMARTS) is 1. The van der Waals surface area contributed by atoms with Gasteiger partial charge in [-0.25, -0.2) is 0 Å². The van der Waals surface area contributed by atoms with Crippen molar-refractivity contribution in [3.8, 4) is 28.1 Å². The standard InChI is InChI=1S/C25H30N6O3/c26-24-21(11-22(28-29-24)20-3-1-2-4-23(20)32)19-12-27-31(15-19)14-16-5-7-30(8-6-16)13-17-9-18(10-17)25(33)34/h1-4,11-12,15-18,32H,5-10,13-14H2,(H2,26,29)(H,33,34). The lowest BCUT2D eigenvalue weighted by Crippen LogP contribution is -2.42. The first-order valence-electron chi connectivity index (χ1n) is 11.9. The molecule has 1 aliphatic carbocycles. The molecule has 0 radical (unpaired) electrons. The van der Waals surface area contributed by atoms with Gasteiger partial charge in [-0.3, -0.25) is 9.48 Å². The van der Waals surface area contributed by atoms with Gasteiger partial charge < -0.3 is 20.8 Å². The highest BCUT2D eigenvalue weighted by Gasteiger charge is 2.35. The number of benzene rings is 1. The van der Waals surface area contributed by atoms with Crippen LogP contribution < -0.4 is 5.73 Å². The van der Waals surface area contributed by atoms with Gasteiger partial charge in [0, 0.05) is 36.0 Å². The van der Waals surface area contributed by atoms with Crippen LogP contribution in [0.4, 0.5) is 5.82 Å². The first kappa shape index (κ1) is 22.3. The Bertz CT molecular complexity index is 1160. The van der Waals surface area contributed by atoms with E-state index in [1.165, 1.54) is 0 Å². The molecule has 3 aromatic rings. The minimum absolute atomic E-state index is 0.129. The van der Waals surface area contributed by atoms with Crippen LogP contribution in [0.3, 0.4) is 0 Å². The molecule has 2 aromatic heterocycles. The van der Waals surface area contributed by atoms with Crippen LogP contribution in [0.5, 0.6) is 5.75 Å². The summed E-state index contributed by atoms with van der Waals surface area (Å²) in [6, 6.07) is 8.86. The molecule has 1 saturated heterocycles. The summed E-state index contributed by atoms with van der Waals surface area (Å²) in [5.74, 6) is 0.792. The molecule has 0 bridgehead atoms. The third-order valence-corrected chi connectivity index (χ3v) is 7.20. The molecule has 3 heterocycles. The van der Waals surface area contributed by atoms with Crippen molar-refractivity contribution >= 4 is 11.8 Å². The number of likely N-dealkylation sites (tertiary alicyclic amines) is 1. The number of carbonyl (C=O) groups is 1. The predicted molar refractivity (Wildman–Crippen MR) is 128 cm³/mol. The number of nitrogen functional groups attached to an aromatic ring is 1. The SMILES string of the molecule is Nc1nnc(-c2ccccc2O)cc1-c1cnn(CC2CCN(CC3CC(C(=O)O)C3)CC2)c1. The van der Waals surface area contributed by atoms with Crippen molar-refractivity contribution in [3.63, 3.8) is 0 Å². The van der Waals surface area contributed by atoms with Crippen LogP contribution in [0.2, 0.25) is 0 Å². The molecule has 0 spiro atoms. The number of rotatable bonds is 7. The largest absolute Gasteiger partial charge is 0.507 e.